The molecule has 0 aliphatic heterocycles. The third-order valence-electron chi connectivity index (χ3n) is 4.42. The van der Waals surface area contributed by atoms with Gasteiger partial charge in [-0.25, -0.2) is 9.98 Å². The van der Waals surface area contributed by atoms with Gasteiger partial charge in [-0.15, -0.1) is 0 Å². The second kappa shape index (κ2) is 9.08. The maximum atomic E-state index is 12.3. The van der Waals surface area contributed by atoms with Crippen LogP contribution >= 0.6 is 0 Å². The molecule has 0 saturated heterocycles. The zero-order valence-electron chi connectivity index (χ0n) is 15.3. The highest BCUT2D eigenvalue weighted by Gasteiger charge is 2.25. The van der Waals surface area contributed by atoms with Gasteiger partial charge < -0.3 is 14.4 Å². The van der Waals surface area contributed by atoms with Crippen LogP contribution in [0.3, 0.4) is 0 Å². The highest BCUT2D eigenvalue weighted by atomic mass is 19.3. The van der Waals surface area contributed by atoms with E-state index in [1.165, 1.54) is 0 Å². The summed E-state index contributed by atoms with van der Waals surface area (Å²) in [5, 5.41) is 0. The first-order valence-corrected chi connectivity index (χ1v) is 8.72. The number of halogens is 2. The maximum absolute atomic E-state index is 12.3. The third-order valence-corrected chi connectivity index (χ3v) is 4.42. The zero-order chi connectivity index (χ0) is 18.4. The van der Waals surface area contributed by atoms with Gasteiger partial charge in [-0.1, -0.05) is 0 Å². The van der Waals surface area contributed by atoms with Gasteiger partial charge in [0, 0.05) is 19.2 Å². The molecule has 1 heterocycles. The molecule has 1 fully saturated rings. The van der Waals surface area contributed by atoms with Gasteiger partial charge in [0.25, 0.3) is 0 Å². The van der Waals surface area contributed by atoms with Crippen LogP contribution < -0.4 is 4.74 Å². The molecule has 2 rings (SSSR count). The van der Waals surface area contributed by atoms with Crippen LogP contribution in [0.1, 0.15) is 43.9 Å². The lowest BCUT2D eigenvalue weighted by Crippen LogP contribution is -2.29. The van der Waals surface area contributed by atoms with Crippen molar-refractivity contribution in [2.45, 2.75) is 65.3 Å². The number of hydrogen-bond acceptors (Lipinski definition) is 4. The highest BCUT2D eigenvalue weighted by Crippen LogP contribution is 2.29. The predicted octanol–water partition coefficient (Wildman–Crippen LogP) is 4.24. The number of ether oxygens (including phenoxy) is 2. The number of hydrogen-bond donors (Lipinski definition) is 0. The van der Waals surface area contributed by atoms with Crippen LogP contribution in [0, 0.1) is 13.8 Å². The van der Waals surface area contributed by atoms with Crippen LogP contribution in [0.15, 0.2) is 11.1 Å². The Labute approximate surface area is 148 Å². The van der Waals surface area contributed by atoms with Gasteiger partial charge in [-0.2, -0.15) is 8.78 Å². The van der Waals surface area contributed by atoms with E-state index in [1.807, 2.05) is 31.9 Å². The number of nitrogens with zero attached hydrogens (tertiary/aromatic N) is 3. The van der Waals surface area contributed by atoms with Gasteiger partial charge in [-0.05, 0) is 52.5 Å². The average Bonchev–Trinajstić information content (AvgIpc) is 2.57. The monoisotopic (exact) mass is 355 g/mol. The summed E-state index contributed by atoms with van der Waals surface area (Å²) in [4.78, 5) is 11.0. The zero-order valence-corrected chi connectivity index (χ0v) is 15.3. The first kappa shape index (κ1) is 19.6. The summed E-state index contributed by atoms with van der Waals surface area (Å²) >= 11 is 0. The molecule has 1 aliphatic carbocycles. The quantitative estimate of drug-likeness (QED) is 0.542. The summed E-state index contributed by atoms with van der Waals surface area (Å²) in [7, 11) is 1.96. The van der Waals surface area contributed by atoms with Crippen LogP contribution in [0.25, 0.3) is 0 Å². The molecule has 7 heteroatoms. The molecular formula is C18H27F2N3O2. The first-order valence-electron chi connectivity index (χ1n) is 8.72. The molecule has 1 aromatic rings. The van der Waals surface area contributed by atoms with Crippen molar-refractivity contribution in [3.8, 4) is 5.88 Å². The molecule has 0 N–H and O–H groups in total. The van der Waals surface area contributed by atoms with Crippen LogP contribution in [-0.4, -0.2) is 48.6 Å². The normalized spacial score (nSPS) is 21.1. The Morgan fingerprint density at radius 2 is 1.92 bits per heavy atom. The van der Waals surface area contributed by atoms with Crippen LogP contribution in [0.5, 0.6) is 5.88 Å². The van der Waals surface area contributed by atoms with Gasteiger partial charge >= 0.3 is 6.61 Å². The van der Waals surface area contributed by atoms with Crippen LogP contribution in [-0.2, 0) is 4.74 Å². The fourth-order valence-corrected chi connectivity index (χ4v) is 2.75. The molecule has 0 unspecified atom stereocenters. The number of aromatic nitrogens is 1. The van der Waals surface area contributed by atoms with Crippen LogP contribution in [0.2, 0.25) is 0 Å². The Morgan fingerprint density at radius 3 is 2.52 bits per heavy atom. The van der Waals surface area contributed by atoms with E-state index in [0.717, 1.165) is 23.5 Å². The smallest absolute Gasteiger partial charge is 0.345 e. The summed E-state index contributed by atoms with van der Waals surface area (Å²) in [6.07, 6.45) is 3.95. The largest absolute Gasteiger partial charge is 0.474 e. The lowest BCUT2D eigenvalue weighted by atomic mass is 9.95. The average molecular weight is 355 g/mol. The summed E-state index contributed by atoms with van der Waals surface area (Å²) in [5.74, 6) is 0.596. The van der Waals surface area contributed by atoms with E-state index in [0.29, 0.717) is 31.6 Å². The second-order valence-electron chi connectivity index (χ2n) is 6.45. The van der Waals surface area contributed by atoms with Gasteiger partial charge in [0.1, 0.15) is 6.10 Å². The van der Waals surface area contributed by atoms with Crippen molar-refractivity contribution in [2.75, 3.05) is 13.6 Å². The van der Waals surface area contributed by atoms with E-state index in [4.69, 9.17) is 4.74 Å². The van der Waals surface area contributed by atoms with E-state index in [9.17, 15) is 8.78 Å². The van der Waals surface area contributed by atoms with Crippen molar-refractivity contribution in [1.82, 2.24) is 9.88 Å². The first-order chi connectivity index (χ1) is 11.9. The number of pyridine rings is 1. The molecule has 0 radical (unpaired) electrons. The molecule has 25 heavy (non-hydrogen) atoms. The molecular weight excluding hydrogens is 328 g/mol. The van der Waals surface area contributed by atoms with Crippen molar-refractivity contribution in [2.24, 2.45) is 4.99 Å². The van der Waals surface area contributed by atoms with Crippen LogP contribution in [0.4, 0.5) is 14.5 Å². The molecule has 0 amide bonds. The van der Waals surface area contributed by atoms with Crippen molar-refractivity contribution in [3.05, 3.63) is 17.3 Å². The van der Waals surface area contributed by atoms with Gasteiger partial charge in [0.2, 0.25) is 5.88 Å². The molecule has 140 valence electrons. The maximum Gasteiger partial charge on any atom is 0.345 e. The van der Waals surface area contributed by atoms with Crippen molar-refractivity contribution < 1.29 is 18.3 Å². The molecule has 1 aromatic heterocycles. The molecule has 5 nitrogen and oxygen atoms in total. The number of aryl methyl sites for hydroxylation is 2. The Balaban J connectivity index is 1.97. The summed E-state index contributed by atoms with van der Waals surface area (Å²) in [6.45, 7) is 4.08. The van der Waals surface area contributed by atoms with E-state index in [2.05, 4.69) is 21.6 Å². The molecule has 1 aliphatic rings. The third kappa shape index (κ3) is 5.92. The van der Waals surface area contributed by atoms with Gasteiger partial charge in [0.05, 0.1) is 23.8 Å². The highest BCUT2D eigenvalue weighted by molar-refractivity contribution is 5.62. The van der Waals surface area contributed by atoms with E-state index >= 15 is 0 Å². The number of alkyl halides is 2. The Hall–Kier alpha value is -1.76. The predicted molar refractivity (Wildman–Crippen MR) is 93.9 cm³/mol. The van der Waals surface area contributed by atoms with Gasteiger partial charge in [-0.3, -0.25) is 0 Å². The van der Waals surface area contributed by atoms with E-state index in [1.54, 1.807) is 6.34 Å². The molecule has 0 spiro atoms. The standard InChI is InChI=1S/C18H27F2N3O2/c1-5-23(4)11-21-16-10-12(2)17(22-13(16)3)24-14-6-8-15(9-7-14)25-18(19)20/h10-11,14-15,18H,5-9H2,1-4H3/b21-11+/t14-,15+. The summed E-state index contributed by atoms with van der Waals surface area (Å²) in [5.41, 5.74) is 2.54. The van der Waals surface area contributed by atoms with Crippen molar-refractivity contribution in [3.63, 3.8) is 0 Å². The number of rotatable bonds is 7. The molecule has 0 atom stereocenters. The number of aliphatic imine (C=N–C) groups is 1. The summed E-state index contributed by atoms with van der Waals surface area (Å²) in [6, 6.07) is 1.96. The van der Waals surface area contributed by atoms with Crippen molar-refractivity contribution >= 4 is 12.0 Å². The Bertz CT molecular complexity index is 588. The topological polar surface area (TPSA) is 47.0 Å². The minimum atomic E-state index is -2.70. The SMILES string of the molecule is CCN(C)/C=N/c1cc(C)c(O[C@H]2CC[C@@H](OC(F)F)CC2)nc1C. The summed E-state index contributed by atoms with van der Waals surface area (Å²) < 4.78 is 35.1. The van der Waals surface area contributed by atoms with Crippen molar-refractivity contribution in [1.29, 1.82) is 0 Å². The Morgan fingerprint density at radius 1 is 1.28 bits per heavy atom. The molecule has 0 bridgehead atoms. The van der Waals surface area contributed by atoms with E-state index < -0.39 is 6.61 Å². The second-order valence-corrected chi connectivity index (χ2v) is 6.45. The van der Waals surface area contributed by atoms with E-state index in [-0.39, 0.29) is 12.2 Å². The minimum absolute atomic E-state index is 0.0105. The fraction of sp³-hybridized carbons (Fsp3) is 0.667. The molecule has 0 aromatic carbocycles. The molecule has 1 saturated carbocycles. The lowest BCUT2D eigenvalue weighted by Gasteiger charge is -2.28. The van der Waals surface area contributed by atoms with Gasteiger partial charge in [0.15, 0.2) is 0 Å². The minimum Gasteiger partial charge on any atom is -0.474 e. The fourth-order valence-electron chi connectivity index (χ4n) is 2.75. The Kier molecular flexibility index (Phi) is 7.11. The lowest BCUT2D eigenvalue weighted by molar-refractivity contribution is -0.173.